The van der Waals surface area contributed by atoms with Crippen LogP contribution in [0.25, 0.3) is 27.5 Å². The lowest BCUT2D eigenvalue weighted by atomic mass is 10.1. The van der Waals surface area contributed by atoms with Crippen LogP contribution in [-0.4, -0.2) is 31.6 Å². The summed E-state index contributed by atoms with van der Waals surface area (Å²) in [6.45, 7) is 0. The smallest absolute Gasteiger partial charge is 0.291 e. The van der Waals surface area contributed by atoms with Crippen molar-refractivity contribution < 1.29 is 14.1 Å². The molecule has 0 fully saturated rings. The van der Waals surface area contributed by atoms with E-state index in [9.17, 15) is 9.59 Å². The van der Waals surface area contributed by atoms with Crippen LogP contribution in [0.4, 0.5) is 0 Å². The van der Waals surface area contributed by atoms with Crippen LogP contribution in [0.1, 0.15) is 20.8 Å². The molecule has 4 heterocycles. The maximum absolute atomic E-state index is 12.6. The zero-order valence-corrected chi connectivity index (χ0v) is 16.7. The first-order chi connectivity index (χ1) is 15.2. The lowest BCUT2D eigenvalue weighted by Crippen LogP contribution is -2.41. The number of nitrogens with one attached hydrogen (secondary N) is 2. The van der Waals surface area contributed by atoms with Gasteiger partial charge in [-0.3, -0.25) is 20.4 Å². The summed E-state index contributed by atoms with van der Waals surface area (Å²) in [5, 5.41) is 9.99. The number of hydrazine groups is 1. The Kier molecular flexibility index (Phi) is 4.73. The van der Waals surface area contributed by atoms with Crippen LogP contribution in [0.3, 0.4) is 0 Å². The second kappa shape index (κ2) is 7.84. The van der Waals surface area contributed by atoms with Gasteiger partial charge < -0.3 is 4.52 Å². The van der Waals surface area contributed by atoms with Gasteiger partial charge in [-0.1, -0.05) is 41.6 Å². The first-order valence-corrected chi connectivity index (χ1v) is 10.1. The minimum atomic E-state index is -0.608. The number of carbonyl (C=O) groups excluding carboxylic acids is 2. The van der Waals surface area contributed by atoms with Crippen LogP contribution in [-0.2, 0) is 0 Å². The SMILES string of the molecule is O=C(NNC(=O)c1cnn2c(-c3cccs3)ccnc12)c1cc(-c2ccccc2)on1. The summed E-state index contributed by atoms with van der Waals surface area (Å²) in [7, 11) is 0. The molecular formula is C21H14N6O3S. The summed E-state index contributed by atoms with van der Waals surface area (Å²) in [4.78, 5) is 30.2. The quantitative estimate of drug-likeness (QED) is 0.423. The van der Waals surface area contributed by atoms with E-state index in [1.165, 1.54) is 12.3 Å². The third-order valence-corrected chi connectivity index (χ3v) is 5.40. The normalized spacial score (nSPS) is 10.8. The Hall–Kier alpha value is -4.31. The summed E-state index contributed by atoms with van der Waals surface area (Å²) in [6.07, 6.45) is 3.02. The lowest BCUT2D eigenvalue weighted by molar-refractivity contribution is 0.0842. The van der Waals surface area contributed by atoms with E-state index in [2.05, 4.69) is 26.1 Å². The standard InChI is InChI=1S/C21H14N6O3S/c28-20(14-12-23-27-16(8-9-22-19(14)27)18-7-4-10-31-18)24-25-21(29)15-11-17(30-26-15)13-5-2-1-3-6-13/h1-12H,(H,24,28)(H,25,29). The number of benzene rings is 1. The average Bonchev–Trinajstić information content (AvgIpc) is 3.58. The van der Waals surface area contributed by atoms with Crippen molar-refractivity contribution in [3.63, 3.8) is 0 Å². The highest BCUT2D eigenvalue weighted by atomic mass is 32.1. The van der Waals surface area contributed by atoms with E-state index in [0.29, 0.717) is 11.4 Å². The molecule has 0 radical (unpaired) electrons. The number of amides is 2. The second-order valence-corrected chi connectivity index (χ2v) is 7.40. The number of thiophene rings is 1. The molecule has 0 unspecified atom stereocenters. The van der Waals surface area contributed by atoms with Crippen molar-refractivity contribution in [2.24, 2.45) is 0 Å². The van der Waals surface area contributed by atoms with Gasteiger partial charge in [0.25, 0.3) is 11.8 Å². The van der Waals surface area contributed by atoms with Gasteiger partial charge in [0.05, 0.1) is 16.8 Å². The Balaban J connectivity index is 1.31. The Morgan fingerprint density at radius 2 is 1.84 bits per heavy atom. The van der Waals surface area contributed by atoms with Crippen LogP contribution in [0.15, 0.2) is 76.9 Å². The number of nitrogens with zero attached hydrogens (tertiary/aromatic N) is 4. The highest BCUT2D eigenvalue weighted by Crippen LogP contribution is 2.25. The van der Waals surface area contributed by atoms with Crippen molar-refractivity contribution in [1.29, 1.82) is 0 Å². The van der Waals surface area contributed by atoms with Gasteiger partial charge >= 0.3 is 0 Å². The third-order valence-electron chi connectivity index (χ3n) is 4.51. The minimum absolute atomic E-state index is 0.0390. The predicted molar refractivity (Wildman–Crippen MR) is 113 cm³/mol. The van der Waals surface area contributed by atoms with Crippen LogP contribution in [0, 0.1) is 0 Å². The predicted octanol–water partition coefficient (Wildman–Crippen LogP) is 3.19. The van der Waals surface area contributed by atoms with Gasteiger partial charge in [0.2, 0.25) is 0 Å². The van der Waals surface area contributed by atoms with Crippen molar-refractivity contribution in [1.82, 2.24) is 30.6 Å². The zero-order valence-electron chi connectivity index (χ0n) is 15.9. The van der Waals surface area contributed by atoms with Gasteiger partial charge in [-0.05, 0) is 17.5 Å². The van der Waals surface area contributed by atoms with Crippen molar-refractivity contribution in [3.8, 4) is 21.9 Å². The number of carbonyl (C=O) groups is 2. The van der Waals surface area contributed by atoms with Crippen LogP contribution < -0.4 is 10.9 Å². The molecule has 0 aliphatic rings. The molecule has 5 aromatic rings. The van der Waals surface area contributed by atoms with Crippen molar-refractivity contribution in [2.75, 3.05) is 0 Å². The van der Waals surface area contributed by atoms with E-state index < -0.39 is 11.8 Å². The van der Waals surface area contributed by atoms with Crippen LogP contribution >= 0.6 is 11.3 Å². The molecular weight excluding hydrogens is 416 g/mol. The summed E-state index contributed by atoms with van der Waals surface area (Å²) < 4.78 is 6.80. The Morgan fingerprint density at radius 3 is 2.65 bits per heavy atom. The molecule has 0 bridgehead atoms. The molecule has 4 aromatic heterocycles. The molecule has 0 saturated heterocycles. The fourth-order valence-corrected chi connectivity index (χ4v) is 3.76. The topological polar surface area (TPSA) is 114 Å². The van der Waals surface area contributed by atoms with E-state index >= 15 is 0 Å². The molecule has 1 aromatic carbocycles. The molecule has 10 heteroatoms. The Labute approximate surface area is 179 Å². The monoisotopic (exact) mass is 430 g/mol. The van der Waals surface area contributed by atoms with Crippen molar-refractivity contribution in [2.45, 2.75) is 0 Å². The van der Waals surface area contributed by atoms with E-state index in [4.69, 9.17) is 4.52 Å². The van der Waals surface area contributed by atoms with E-state index in [0.717, 1.165) is 16.1 Å². The van der Waals surface area contributed by atoms with Gasteiger partial charge in [0, 0.05) is 17.8 Å². The van der Waals surface area contributed by atoms with Gasteiger partial charge in [0.15, 0.2) is 17.1 Å². The fourth-order valence-electron chi connectivity index (χ4n) is 3.03. The Bertz CT molecular complexity index is 1370. The number of hydrogen-bond donors (Lipinski definition) is 2. The second-order valence-electron chi connectivity index (χ2n) is 6.45. The molecule has 0 atom stereocenters. The highest BCUT2D eigenvalue weighted by molar-refractivity contribution is 7.13. The third kappa shape index (κ3) is 3.55. The van der Waals surface area contributed by atoms with Crippen molar-refractivity contribution >= 4 is 28.8 Å². The largest absolute Gasteiger partial charge is 0.355 e. The summed E-state index contributed by atoms with van der Waals surface area (Å²) in [5.74, 6) is -0.709. The van der Waals surface area contributed by atoms with E-state index in [-0.39, 0.29) is 11.3 Å². The molecule has 2 N–H and O–H groups in total. The molecule has 5 rings (SSSR count). The molecule has 0 aliphatic carbocycles. The fraction of sp³-hybridized carbons (Fsp3) is 0. The summed E-state index contributed by atoms with van der Waals surface area (Å²) in [5.41, 5.74) is 6.96. The first kappa shape index (κ1) is 18.7. The maximum Gasteiger partial charge on any atom is 0.291 e. The molecule has 0 aliphatic heterocycles. The van der Waals surface area contributed by atoms with Crippen LogP contribution in [0.5, 0.6) is 0 Å². The molecule has 2 amide bonds. The van der Waals surface area contributed by atoms with Gasteiger partial charge in [-0.25, -0.2) is 9.50 Å². The summed E-state index contributed by atoms with van der Waals surface area (Å²) in [6, 6.07) is 16.5. The first-order valence-electron chi connectivity index (χ1n) is 9.20. The number of fused-ring (bicyclic) bond motifs is 1. The molecule has 9 nitrogen and oxygen atoms in total. The van der Waals surface area contributed by atoms with Gasteiger partial charge in [0.1, 0.15) is 5.56 Å². The van der Waals surface area contributed by atoms with Gasteiger partial charge in [-0.2, -0.15) is 5.10 Å². The molecule has 152 valence electrons. The minimum Gasteiger partial charge on any atom is -0.355 e. The van der Waals surface area contributed by atoms with Crippen molar-refractivity contribution in [3.05, 3.63) is 83.6 Å². The highest BCUT2D eigenvalue weighted by Gasteiger charge is 2.19. The lowest BCUT2D eigenvalue weighted by Gasteiger charge is -2.05. The van der Waals surface area contributed by atoms with Gasteiger partial charge in [-0.15, -0.1) is 11.3 Å². The number of rotatable bonds is 4. The molecule has 0 spiro atoms. The molecule has 0 saturated carbocycles. The van der Waals surface area contributed by atoms with E-state index in [1.807, 2.05) is 53.9 Å². The summed E-state index contributed by atoms with van der Waals surface area (Å²) >= 11 is 1.56. The number of aromatic nitrogens is 4. The van der Waals surface area contributed by atoms with Crippen LogP contribution in [0.2, 0.25) is 0 Å². The van der Waals surface area contributed by atoms with E-state index in [1.54, 1.807) is 22.0 Å². The number of hydrogen-bond acceptors (Lipinski definition) is 7. The zero-order chi connectivity index (χ0) is 21.2. The average molecular weight is 430 g/mol. The maximum atomic E-state index is 12.6. The molecule has 31 heavy (non-hydrogen) atoms. The Morgan fingerprint density at radius 1 is 1.00 bits per heavy atom.